The van der Waals surface area contributed by atoms with Crippen molar-refractivity contribution >= 4 is 43.6 Å². The second-order valence-electron chi connectivity index (χ2n) is 2.61. The van der Waals surface area contributed by atoms with Crippen molar-refractivity contribution < 1.29 is 9.90 Å². The van der Waals surface area contributed by atoms with Crippen molar-refractivity contribution in [1.82, 2.24) is 0 Å². The highest BCUT2D eigenvalue weighted by molar-refractivity contribution is 9.10. The monoisotopic (exact) mass is 256 g/mol. The summed E-state index contributed by atoms with van der Waals surface area (Å²) >= 11 is 4.72. The smallest absolute Gasteiger partial charge is 0.150 e. The maximum atomic E-state index is 10.7. The van der Waals surface area contributed by atoms with Crippen molar-refractivity contribution in [2.75, 3.05) is 0 Å². The second kappa shape index (κ2) is 3.12. The third kappa shape index (κ3) is 1.36. The number of halogens is 1. The van der Waals surface area contributed by atoms with Crippen molar-refractivity contribution in [3.8, 4) is 5.75 Å². The van der Waals surface area contributed by atoms with Crippen LogP contribution >= 0.6 is 27.3 Å². The molecule has 1 heterocycles. The van der Waals surface area contributed by atoms with Crippen LogP contribution in [-0.2, 0) is 0 Å². The Morgan fingerprint density at radius 3 is 2.92 bits per heavy atom. The van der Waals surface area contributed by atoms with Crippen molar-refractivity contribution in [3.63, 3.8) is 0 Å². The Hall–Kier alpha value is -0.870. The van der Waals surface area contributed by atoms with Crippen LogP contribution in [0.5, 0.6) is 5.75 Å². The summed E-state index contributed by atoms with van der Waals surface area (Å²) in [6.45, 7) is 0. The lowest BCUT2D eigenvalue weighted by Gasteiger charge is -1.96. The fourth-order valence-electron chi connectivity index (χ4n) is 1.24. The van der Waals surface area contributed by atoms with Gasteiger partial charge in [-0.15, -0.1) is 11.3 Å². The van der Waals surface area contributed by atoms with Crippen LogP contribution in [0.15, 0.2) is 22.0 Å². The molecule has 0 amide bonds. The first-order valence-electron chi connectivity index (χ1n) is 3.57. The number of aromatic hydroxyl groups is 1. The average Bonchev–Trinajstić information content (AvgIpc) is 2.46. The summed E-state index contributed by atoms with van der Waals surface area (Å²) in [6, 6.07) is 3.58. The van der Waals surface area contributed by atoms with E-state index in [1.807, 2.05) is 6.07 Å². The van der Waals surface area contributed by atoms with E-state index in [9.17, 15) is 9.90 Å². The number of rotatable bonds is 1. The van der Waals surface area contributed by atoms with E-state index in [4.69, 9.17) is 0 Å². The molecule has 1 aromatic carbocycles. The molecule has 2 rings (SSSR count). The van der Waals surface area contributed by atoms with Crippen LogP contribution in [0.3, 0.4) is 0 Å². The highest BCUT2D eigenvalue weighted by atomic mass is 79.9. The molecule has 2 nitrogen and oxygen atoms in total. The molecular weight excluding hydrogens is 252 g/mol. The molecule has 0 saturated carbocycles. The molecule has 0 spiro atoms. The first kappa shape index (κ1) is 8.72. The first-order chi connectivity index (χ1) is 6.22. The summed E-state index contributed by atoms with van der Waals surface area (Å²) in [6.07, 6.45) is 0.750. The Labute approximate surface area is 86.9 Å². The zero-order valence-electron chi connectivity index (χ0n) is 6.45. The van der Waals surface area contributed by atoms with Gasteiger partial charge in [0, 0.05) is 25.5 Å². The average molecular weight is 257 g/mol. The molecule has 1 aromatic heterocycles. The van der Waals surface area contributed by atoms with Gasteiger partial charge in [0.15, 0.2) is 6.29 Å². The topological polar surface area (TPSA) is 37.3 Å². The Morgan fingerprint density at radius 2 is 2.23 bits per heavy atom. The largest absolute Gasteiger partial charge is 0.506 e. The van der Waals surface area contributed by atoms with Gasteiger partial charge in [-0.05, 0) is 12.1 Å². The Balaban J connectivity index is 2.92. The predicted molar refractivity (Wildman–Crippen MR) is 56.6 cm³/mol. The third-order valence-electron chi connectivity index (χ3n) is 1.78. The molecule has 13 heavy (non-hydrogen) atoms. The van der Waals surface area contributed by atoms with Crippen molar-refractivity contribution in [3.05, 3.63) is 27.5 Å². The van der Waals surface area contributed by atoms with Gasteiger partial charge in [-0.3, -0.25) is 4.79 Å². The second-order valence-corrected chi connectivity index (χ2v) is 4.43. The van der Waals surface area contributed by atoms with Gasteiger partial charge >= 0.3 is 0 Å². The molecule has 0 aliphatic heterocycles. The van der Waals surface area contributed by atoms with Gasteiger partial charge in [0.2, 0.25) is 0 Å². The van der Waals surface area contributed by atoms with E-state index < -0.39 is 0 Å². The molecule has 0 saturated heterocycles. The lowest BCUT2D eigenvalue weighted by atomic mass is 10.1. The maximum Gasteiger partial charge on any atom is 0.150 e. The van der Waals surface area contributed by atoms with Crippen LogP contribution in [0.25, 0.3) is 10.1 Å². The van der Waals surface area contributed by atoms with Crippen LogP contribution in [0.2, 0.25) is 0 Å². The van der Waals surface area contributed by atoms with E-state index in [0.717, 1.165) is 15.5 Å². The van der Waals surface area contributed by atoms with E-state index in [0.29, 0.717) is 10.9 Å². The quantitative estimate of drug-likeness (QED) is 0.796. The lowest BCUT2D eigenvalue weighted by molar-refractivity contribution is 0.112. The fourth-order valence-corrected chi connectivity index (χ4v) is 2.76. The van der Waals surface area contributed by atoms with Crippen molar-refractivity contribution in [2.45, 2.75) is 0 Å². The maximum absolute atomic E-state index is 10.7. The minimum atomic E-state index is 0.176. The summed E-state index contributed by atoms with van der Waals surface area (Å²) in [4.78, 5) is 10.7. The summed E-state index contributed by atoms with van der Waals surface area (Å²) in [7, 11) is 0. The van der Waals surface area contributed by atoms with Crippen molar-refractivity contribution in [2.24, 2.45) is 0 Å². The fraction of sp³-hybridized carbons (Fsp3) is 0. The van der Waals surface area contributed by atoms with E-state index in [1.165, 1.54) is 11.3 Å². The summed E-state index contributed by atoms with van der Waals surface area (Å²) < 4.78 is 1.76. The molecule has 2 aromatic rings. The Kier molecular flexibility index (Phi) is 2.09. The number of aldehydes is 1. The molecular formula is C9H5BrO2S. The summed E-state index contributed by atoms with van der Waals surface area (Å²) in [5.41, 5.74) is 0.517. The molecule has 0 unspecified atom stereocenters. The highest BCUT2D eigenvalue weighted by Gasteiger charge is 2.08. The predicted octanol–water partition coefficient (Wildman–Crippen LogP) is 3.18. The molecule has 0 fully saturated rings. The number of thiophene rings is 1. The standard InChI is InChI=1S/C9H5BrO2S/c10-6-1-5(3-11)9-7(12)4-13-8(9)2-6/h1-4,12H. The highest BCUT2D eigenvalue weighted by Crippen LogP contribution is 2.35. The van der Waals surface area contributed by atoms with Crippen LogP contribution in [-0.4, -0.2) is 11.4 Å². The van der Waals surface area contributed by atoms with Gasteiger partial charge in [-0.2, -0.15) is 0 Å². The Bertz CT molecular complexity index is 476. The molecule has 66 valence electrons. The molecule has 4 heteroatoms. The van der Waals surface area contributed by atoms with Crippen LogP contribution in [0.4, 0.5) is 0 Å². The van der Waals surface area contributed by atoms with Crippen molar-refractivity contribution in [1.29, 1.82) is 0 Å². The van der Waals surface area contributed by atoms with Crippen LogP contribution in [0, 0.1) is 0 Å². The molecule has 1 N–H and O–H groups in total. The van der Waals surface area contributed by atoms with E-state index in [-0.39, 0.29) is 5.75 Å². The normalized spacial score (nSPS) is 10.5. The summed E-state index contributed by atoms with van der Waals surface area (Å²) in [5, 5.41) is 11.7. The van der Waals surface area contributed by atoms with Gasteiger partial charge in [-0.1, -0.05) is 15.9 Å². The van der Waals surface area contributed by atoms with Gasteiger partial charge < -0.3 is 5.11 Å². The SMILES string of the molecule is O=Cc1cc(Br)cc2scc(O)c12. The van der Waals surface area contributed by atoms with Gasteiger partial charge in [-0.25, -0.2) is 0 Å². The lowest BCUT2D eigenvalue weighted by Crippen LogP contribution is -1.80. The summed E-state index contributed by atoms with van der Waals surface area (Å²) in [5.74, 6) is 0.176. The number of carbonyl (C=O) groups excluding carboxylic acids is 1. The van der Waals surface area contributed by atoms with E-state index >= 15 is 0 Å². The van der Waals surface area contributed by atoms with Crippen LogP contribution < -0.4 is 0 Å². The Morgan fingerprint density at radius 1 is 1.46 bits per heavy atom. The molecule has 0 bridgehead atoms. The molecule has 0 radical (unpaired) electrons. The number of benzene rings is 1. The molecule has 0 aliphatic rings. The van der Waals surface area contributed by atoms with E-state index in [2.05, 4.69) is 15.9 Å². The minimum Gasteiger partial charge on any atom is -0.506 e. The number of fused-ring (bicyclic) bond motifs is 1. The molecule has 0 aliphatic carbocycles. The zero-order valence-corrected chi connectivity index (χ0v) is 8.85. The minimum absolute atomic E-state index is 0.176. The van der Waals surface area contributed by atoms with E-state index in [1.54, 1.807) is 11.4 Å². The van der Waals surface area contributed by atoms with Gasteiger partial charge in [0.1, 0.15) is 5.75 Å². The van der Waals surface area contributed by atoms with Gasteiger partial charge in [0.25, 0.3) is 0 Å². The third-order valence-corrected chi connectivity index (χ3v) is 3.15. The number of hydrogen-bond donors (Lipinski definition) is 1. The first-order valence-corrected chi connectivity index (χ1v) is 5.24. The molecule has 0 atom stereocenters. The number of carbonyl (C=O) groups is 1. The zero-order chi connectivity index (χ0) is 9.42. The number of hydrogen-bond acceptors (Lipinski definition) is 3. The van der Waals surface area contributed by atoms with Crippen LogP contribution in [0.1, 0.15) is 10.4 Å². The van der Waals surface area contributed by atoms with Gasteiger partial charge in [0.05, 0.1) is 0 Å².